The molecule has 1 amide bonds. The number of primary amides is 1. The number of nitrogens with two attached hydrogens (primary N) is 1. The molecule has 7 nitrogen and oxygen atoms in total. The molecule has 0 radical (unpaired) electrons. The molecule has 3 N–H and O–H groups in total. The maximum absolute atomic E-state index is 11.5. The van der Waals surface area contributed by atoms with E-state index in [0.717, 1.165) is 0 Å². The zero-order chi connectivity index (χ0) is 16.4. The van der Waals surface area contributed by atoms with Crippen molar-refractivity contribution in [3.63, 3.8) is 0 Å². The van der Waals surface area contributed by atoms with Crippen LogP contribution in [0.15, 0.2) is 28.7 Å². The van der Waals surface area contributed by atoms with Gasteiger partial charge in [0.1, 0.15) is 11.3 Å². The van der Waals surface area contributed by atoms with Crippen molar-refractivity contribution in [3.8, 4) is 0 Å². The molecule has 2 rings (SSSR count). The summed E-state index contributed by atoms with van der Waals surface area (Å²) in [6, 6.07) is 5.44. The first-order chi connectivity index (χ1) is 10.3. The summed E-state index contributed by atoms with van der Waals surface area (Å²) in [4.78, 5) is 21.8. The molecule has 2 aromatic rings. The van der Waals surface area contributed by atoms with E-state index in [4.69, 9.17) is 10.2 Å². The molecule has 0 bridgehead atoms. The number of fused-ring (bicyclic) bond motifs is 1. The molecule has 0 saturated heterocycles. The third-order valence-electron chi connectivity index (χ3n) is 3.56. The largest absolute Gasteiger partial charge is 0.459 e. The van der Waals surface area contributed by atoms with Crippen LogP contribution in [0.3, 0.4) is 0 Å². The fourth-order valence-corrected chi connectivity index (χ4v) is 2.33. The highest BCUT2D eigenvalue weighted by Crippen LogP contribution is 2.27. The SMILES string of the molecule is CC(N[C@H](C(N)=O)C(C)C)c1cc2cc([N+](=O)[O-])ccc2o1. The molecule has 0 aliphatic rings. The first-order valence-corrected chi connectivity index (χ1v) is 7.03. The third-order valence-corrected chi connectivity index (χ3v) is 3.56. The van der Waals surface area contributed by atoms with Gasteiger partial charge < -0.3 is 10.2 Å². The maximum Gasteiger partial charge on any atom is 0.270 e. The summed E-state index contributed by atoms with van der Waals surface area (Å²) < 4.78 is 5.69. The molecule has 22 heavy (non-hydrogen) atoms. The number of carbonyl (C=O) groups is 1. The van der Waals surface area contributed by atoms with Gasteiger partial charge in [-0.1, -0.05) is 13.8 Å². The number of non-ortho nitro benzene ring substituents is 1. The Kier molecular flexibility index (Phi) is 4.46. The zero-order valence-corrected chi connectivity index (χ0v) is 12.7. The van der Waals surface area contributed by atoms with Gasteiger partial charge in [-0.25, -0.2) is 0 Å². The highest BCUT2D eigenvalue weighted by molar-refractivity contribution is 5.81. The maximum atomic E-state index is 11.5. The van der Waals surface area contributed by atoms with E-state index in [9.17, 15) is 14.9 Å². The Morgan fingerprint density at radius 3 is 2.55 bits per heavy atom. The van der Waals surface area contributed by atoms with Crippen LogP contribution in [0.5, 0.6) is 0 Å². The quantitative estimate of drug-likeness (QED) is 0.629. The predicted molar refractivity (Wildman–Crippen MR) is 82.2 cm³/mol. The molecule has 7 heteroatoms. The fourth-order valence-electron chi connectivity index (χ4n) is 2.33. The van der Waals surface area contributed by atoms with Crippen LogP contribution in [0.2, 0.25) is 0 Å². The zero-order valence-electron chi connectivity index (χ0n) is 12.7. The number of nitro benzene ring substituents is 1. The minimum Gasteiger partial charge on any atom is -0.459 e. The standard InChI is InChI=1S/C15H19N3O4/c1-8(2)14(15(16)19)17-9(3)13-7-10-6-11(18(20)21)4-5-12(10)22-13/h4-9,14,17H,1-3H3,(H2,16,19)/t9?,14-/m0/s1. The first kappa shape index (κ1) is 16.0. The van der Waals surface area contributed by atoms with Crippen molar-refractivity contribution < 1.29 is 14.1 Å². The van der Waals surface area contributed by atoms with Gasteiger partial charge in [-0.15, -0.1) is 0 Å². The Bertz CT molecular complexity index is 708. The number of rotatable bonds is 6. The van der Waals surface area contributed by atoms with E-state index in [0.29, 0.717) is 16.7 Å². The second-order valence-corrected chi connectivity index (χ2v) is 5.64. The Morgan fingerprint density at radius 2 is 2.00 bits per heavy atom. The van der Waals surface area contributed by atoms with Crippen molar-refractivity contribution >= 4 is 22.6 Å². The van der Waals surface area contributed by atoms with Crippen LogP contribution >= 0.6 is 0 Å². The number of amides is 1. The Morgan fingerprint density at radius 1 is 1.32 bits per heavy atom. The lowest BCUT2D eigenvalue weighted by Crippen LogP contribution is -2.45. The van der Waals surface area contributed by atoms with E-state index in [1.807, 2.05) is 20.8 Å². The topological polar surface area (TPSA) is 111 Å². The number of hydrogen-bond acceptors (Lipinski definition) is 5. The second-order valence-electron chi connectivity index (χ2n) is 5.64. The van der Waals surface area contributed by atoms with Crippen molar-refractivity contribution in [2.75, 3.05) is 0 Å². The van der Waals surface area contributed by atoms with Crippen LogP contribution in [0.1, 0.15) is 32.6 Å². The summed E-state index contributed by atoms with van der Waals surface area (Å²) in [5.41, 5.74) is 5.96. The molecule has 0 aliphatic heterocycles. The Hall–Kier alpha value is -2.41. The monoisotopic (exact) mass is 305 g/mol. The number of benzene rings is 1. The van der Waals surface area contributed by atoms with Crippen molar-refractivity contribution in [1.29, 1.82) is 0 Å². The lowest BCUT2D eigenvalue weighted by Gasteiger charge is -2.22. The summed E-state index contributed by atoms with van der Waals surface area (Å²) in [5, 5.41) is 14.6. The first-order valence-electron chi connectivity index (χ1n) is 7.03. The molecule has 118 valence electrons. The van der Waals surface area contributed by atoms with Crippen LogP contribution in [0.25, 0.3) is 11.0 Å². The molecule has 0 spiro atoms. The van der Waals surface area contributed by atoms with E-state index in [-0.39, 0.29) is 17.6 Å². The van der Waals surface area contributed by atoms with Crippen LogP contribution in [-0.4, -0.2) is 16.9 Å². The minimum absolute atomic E-state index is 0.0117. The summed E-state index contributed by atoms with van der Waals surface area (Å²) in [6.07, 6.45) is 0. The van der Waals surface area contributed by atoms with Crippen molar-refractivity contribution in [3.05, 3.63) is 40.1 Å². The molecular formula is C15H19N3O4. The molecule has 0 saturated carbocycles. The fraction of sp³-hybridized carbons (Fsp3) is 0.400. The summed E-state index contributed by atoms with van der Waals surface area (Å²) in [5.74, 6) is 0.224. The predicted octanol–water partition coefficient (Wildman–Crippen LogP) is 2.50. The summed E-state index contributed by atoms with van der Waals surface area (Å²) in [6.45, 7) is 5.65. The molecule has 1 heterocycles. The molecular weight excluding hydrogens is 286 g/mol. The van der Waals surface area contributed by atoms with Gasteiger partial charge in [0, 0.05) is 17.5 Å². The highest BCUT2D eigenvalue weighted by Gasteiger charge is 2.23. The molecule has 1 aromatic carbocycles. The van der Waals surface area contributed by atoms with Gasteiger partial charge in [0.2, 0.25) is 5.91 Å². The number of furan rings is 1. The van der Waals surface area contributed by atoms with Gasteiger partial charge >= 0.3 is 0 Å². The minimum atomic E-state index is -0.474. The lowest BCUT2D eigenvalue weighted by atomic mass is 10.0. The third kappa shape index (κ3) is 3.25. The summed E-state index contributed by atoms with van der Waals surface area (Å²) >= 11 is 0. The van der Waals surface area contributed by atoms with E-state index in [2.05, 4.69) is 5.32 Å². The number of nitro groups is 1. The van der Waals surface area contributed by atoms with Gasteiger partial charge in [0.25, 0.3) is 5.69 Å². The van der Waals surface area contributed by atoms with Crippen LogP contribution in [-0.2, 0) is 4.79 Å². The molecule has 1 unspecified atom stereocenters. The van der Waals surface area contributed by atoms with Crippen molar-refractivity contribution in [2.45, 2.75) is 32.9 Å². The van der Waals surface area contributed by atoms with Gasteiger partial charge in [0.15, 0.2) is 0 Å². The number of nitrogens with zero attached hydrogens (tertiary/aromatic N) is 1. The number of carbonyl (C=O) groups excluding carboxylic acids is 1. The normalized spacial score (nSPS) is 14.2. The van der Waals surface area contributed by atoms with E-state index >= 15 is 0 Å². The van der Waals surface area contributed by atoms with Gasteiger partial charge in [-0.3, -0.25) is 20.2 Å². The average Bonchev–Trinajstić information content (AvgIpc) is 2.86. The van der Waals surface area contributed by atoms with Gasteiger partial charge in [0.05, 0.1) is 17.0 Å². The second kappa shape index (κ2) is 6.15. The molecule has 1 aromatic heterocycles. The van der Waals surface area contributed by atoms with Crippen LogP contribution in [0.4, 0.5) is 5.69 Å². The van der Waals surface area contributed by atoms with E-state index < -0.39 is 16.9 Å². The highest BCUT2D eigenvalue weighted by atomic mass is 16.6. The van der Waals surface area contributed by atoms with Crippen molar-refractivity contribution in [2.24, 2.45) is 11.7 Å². The summed E-state index contributed by atoms with van der Waals surface area (Å²) in [7, 11) is 0. The van der Waals surface area contributed by atoms with Gasteiger partial charge in [-0.05, 0) is 25.0 Å². The average molecular weight is 305 g/mol. The van der Waals surface area contributed by atoms with E-state index in [1.165, 1.54) is 12.1 Å². The lowest BCUT2D eigenvalue weighted by molar-refractivity contribution is -0.384. The molecule has 0 aliphatic carbocycles. The Labute approximate surface area is 127 Å². The molecule has 0 fully saturated rings. The van der Waals surface area contributed by atoms with E-state index in [1.54, 1.807) is 12.1 Å². The molecule has 2 atom stereocenters. The van der Waals surface area contributed by atoms with Gasteiger partial charge in [-0.2, -0.15) is 0 Å². The van der Waals surface area contributed by atoms with Crippen LogP contribution < -0.4 is 11.1 Å². The smallest absolute Gasteiger partial charge is 0.270 e. The van der Waals surface area contributed by atoms with Crippen LogP contribution in [0, 0.1) is 16.0 Å². The Balaban J connectivity index is 2.26. The van der Waals surface area contributed by atoms with Crippen molar-refractivity contribution in [1.82, 2.24) is 5.32 Å². The number of hydrogen-bond donors (Lipinski definition) is 2. The number of nitrogens with one attached hydrogen (secondary N) is 1.